The number of amidine groups is 1. The molecule has 2 aromatic heterocycles. The van der Waals surface area contributed by atoms with E-state index in [1.54, 1.807) is 5.38 Å². The summed E-state index contributed by atoms with van der Waals surface area (Å²) in [6.07, 6.45) is -2.95. The Labute approximate surface area is 178 Å². The lowest BCUT2D eigenvalue weighted by Gasteiger charge is -2.44. The van der Waals surface area contributed by atoms with Crippen LogP contribution < -0.4 is 11.1 Å². The molecular weight excluding hydrogens is 439 g/mol. The first kappa shape index (κ1) is 21.1. The summed E-state index contributed by atoms with van der Waals surface area (Å²) in [5, 5.41) is 5.39. The molecule has 12 heteroatoms. The van der Waals surface area contributed by atoms with Gasteiger partial charge in [0.1, 0.15) is 22.1 Å². The Balaban J connectivity index is 1.54. The molecule has 3 unspecified atom stereocenters. The van der Waals surface area contributed by atoms with Crippen molar-refractivity contribution in [2.75, 3.05) is 17.7 Å². The molecule has 0 saturated carbocycles. The van der Waals surface area contributed by atoms with Gasteiger partial charge in [-0.25, -0.2) is 9.98 Å². The number of thioether (sulfide) groups is 1. The maximum Gasteiger partial charge on any atom is 0.417 e. The van der Waals surface area contributed by atoms with Crippen molar-refractivity contribution in [3.05, 3.63) is 40.0 Å². The van der Waals surface area contributed by atoms with Crippen molar-refractivity contribution in [2.45, 2.75) is 31.2 Å². The molecule has 1 saturated heterocycles. The SMILES string of the molecule is CC1CC2CSC(N)=NC2(c2nc(NC(=O)c3ccc(C(F)(F)F)cn3)cs2)CO1. The van der Waals surface area contributed by atoms with Gasteiger partial charge in [0.25, 0.3) is 5.91 Å². The largest absolute Gasteiger partial charge is 0.417 e. The van der Waals surface area contributed by atoms with Gasteiger partial charge in [-0.1, -0.05) is 11.8 Å². The number of amides is 1. The van der Waals surface area contributed by atoms with Crippen molar-refractivity contribution in [1.29, 1.82) is 0 Å². The van der Waals surface area contributed by atoms with Crippen molar-refractivity contribution in [2.24, 2.45) is 16.6 Å². The Morgan fingerprint density at radius 2 is 2.20 bits per heavy atom. The number of carbonyl (C=O) groups excluding carboxylic acids is 1. The number of anilines is 1. The highest BCUT2D eigenvalue weighted by Crippen LogP contribution is 2.47. The van der Waals surface area contributed by atoms with Crippen LogP contribution in [0.2, 0.25) is 0 Å². The minimum absolute atomic E-state index is 0.114. The molecule has 2 aliphatic heterocycles. The molecule has 3 N–H and O–H groups in total. The van der Waals surface area contributed by atoms with E-state index < -0.39 is 23.2 Å². The molecule has 0 aliphatic carbocycles. The molecule has 3 atom stereocenters. The molecular formula is C18H18F3N5O2S2. The van der Waals surface area contributed by atoms with Crippen molar-refractivity contribution < 1.29 is 22.7 Å². The fraction of sp³-hybridized carbons (Fsp3) is 0.444. The number of rotatable bonds is 3. The summed E-state index contributed by atoms with van der Waals surface area (Å²) in [7, 11) is 0. The normalized spacial score (nSPS) is 26.6. The molecule has 1 amide bonds. The summed E-state index contributed by atoms with van der Waals surface area (Å²) >= 11 is 2.84. The number of pyridine rings is 1. The molecule has 4 rings (SSSR count). The molecule has 4 heterocycles. The van der Waals surface area contributed by atoms with Crippen LogP contribution in [0.25, 0.3) is 0 Å². The molecule has 7 nitrogen and oxygen atoms in total. The number of alkyl halides is 3. The third-order valence-electron chi connectivity index (χ3n) is 5.06. The van der Waals surface area contributed by atoms with Gasteiger partial charge >= 0.3 is 6.18 Å². The quantitative estimate of drug-likeness (QED) is 0.732. The van der Waals surface area contributed by atoms with Crippen LogP contribution in [0.5, 0.6) is 0 Å². The number of halogens is 3. The van der Waals surface area contributed by atoms with Gasteiger partial charge in [-0.05, 0) is 25.5 Å². The third-order valence-corrected chi connectivity index (χ3v) is 7.03. The van der Waals surface area contributed by atoms with Crippen LogP contribution >= 0.6 is 23.1 Å². The molecule has 0 bridgehead atoms. The highest BCUT2D eigenvalue weighted by atomic mass is 32.2. The second-order valence-corrected chi connectivity index (χ2v) is 9.06. The molecule has 0 aromatic carbocycles. The highest BCUT2D eigenvalue weighted by Gasteiger charge is 2.49. The average Bonchev–Trinajstić information content (AvgIpc) is 3.17. The van der Waals surface area contributed by atoms with Crippen LogP contribution in [-0.4, -0.2) is 39.5 Å². The van der Waals surface area contributed by atoms with Gasteiger partial charge in [0.05, 0.1) is 18.3 Å². The Morgan fingerprint density at radius 1 is 1.40 bits per heavy atom. The second kappa shape index (κ2) is 7.82. The average molecular weight is 458 g/mol. The number of hydrogen-bond acceptors (Lipinski definition) is 8. The monoisotopic (exact) mass is 457 g/mol. The van der Waals surface area contributed by atoms with Crippen LogP contribution in [0.4, 0.5) is 19.0 Å². The lowest BCUT2D eigenvalue weighted by molar-refractivity contribution is -0.137. The fourth-order valence-corrected chi connectivity index (χ4v) is 5.46. The number of aliphatic imine (C=N–C) groups is 1. The standard InChI is InChI=1S/C18H18F3N5O2S2/c1-9-4-11-6-30-16(22)26-17(11,8-28-9)15-25-13(7-29-15)24-14(27)12-3-2-10(5-23-12)18(19,20)21/h2-3,5,7,9,11H,4,6,8H2,1H3,(H2,22,26)(H,24,27). The number of carbonyl (C=O) groups is 1. The fourth-order valence-electron chi connectivity index (χ4n) is 3.49. The number of ether oxygens (including phenoxy) is 1. The first-order valence-corrected chi connectivity index (χ1v) is 10.9. The highest BCUT2D eigenvalue weighted by molar-refractivity contribution is 8.13. The predicted molar refractivity (Wildman–Crippen MR) is 109 cm³/mol. The molecule has 1 fully saturated rings. The number of fused-ring (bicyclic) bond motifs is 1. The van der Waals surface area contributed by atoms with E-state index in [0.29, 0.717) is 23.0 Å². The molecule has 2 aromatic rings. The minimum Gasteiger partial charge on any atom is -0.379 e. The van der Waals surface area contributed by atoms with Crippen molar-refractivity contribution in [3.63, 3.8) is 0 Å². The predicted octanol–water partition coefficient (Wildman–Crippen LogP) is 3.49. The number of aromatic nitrogens is 2. The second-order valence-electron chi connectivity index (χ2n) is 7.16. The number of nitrogens with zero attached hydrogens (tertiary/aromatic N) is 3. The zero-order chi connectivity index (χ0) is 21.5. The lowest BCUT2D eigenvalue weighted by atomic mass is 9.80. The molecule has 30 heavy (non-hydrogen) atoms. The van der Waals surface area contributed by atoms with Crippen molar-refractivity contribution in [1.82, 2.24) is 9.97 Å². The maximum absolute atomic E-state index is 12.7. The summed E-state index contributed by atoms with van der Waals surface area (Å²) in [6.45, 7) is 2.36. The van der Waals surface area contributed by atoms with Gasteiger partial charge in [0, 0.05) is 23.2 Å². The molecule has 2 aliphatic rings. The maximum atomic E-state index is 12.7. The summed E-state index contributed by atoms with van der Waals surface area (Å²) in [5.74, 6) is 0.635. The van der Waals surface area contributed by atoms with E-state index in [1.807, 2.05) is 6.92 Å². The Morgan fingerprint density at radius 3 is 2.90 bits per heavy atom. The molecule has 0 radical (unpaired) electrons. The third kappa shape index (κ3) is 4.03. The zero-order valence-electron chi connectivity index (χ0n) is 15.8. The Kier molecular flexibility index (Phi) is 5.49. The van der Waals surface area contributed by atoms with Gasteiger partial charge in [-0.2, -0.15) is 13.2 Å². The van der Waals surface area contributed by atoms with Crippen molar-refractivity contribution >= 4 is 40.0 Å². The summed E-state index contributed by atoms with van der Waals surface area (Å²) in [4.78, 5) is 25.2. The number of nitrogens with one attached hydrogen (secondary N) is 1. The smallest absolute Gasteiger partial charge is 0.379 e. The van der Waals surface area contributed by atoms with Crippen molar-refractivity contribution in [3.8, 4) is 0 Å². The first-order chi connectivity index (χ1) is 14.2. The van der Waals surface area contributed by atoms with Gasteiger partial charge < -0.3 is 15.8 Å². The lowest BCUT2D eigenvalue weighted by Crippen LogP contribution is -2.49. The van der Waals surface area contributed by atoms with E-state index in [9.17, 15) is 18.0 Å². The summed E-state index contributed by atoms with van der Waals surface area (Å²) < 4.78 is 43.8. The van der Waals surface area contributed by atoms with Crippen LogP contribution in [0.3, 0.4) is 0 Å². The van der Waals surface area contributed by atoms with Gasteiger partial charge in [0.15, 0.2) is 5.17 Å². The van der Waals surface area contributed by atoms with E-state index in [1.165, 1.54) is 23.1 Å². The molecule has 160 valence electrons. The summed E-state index contributed by atoms with van der Waals surface area (Å²) in [6, 6.07) is 1.84. The minimum atomic E-state index is -4.51. The van der Waals surface area contributed by atoms with Crippen LogP contribution in [0.1, 0.15) is 34.4 Å². The number of nitrogens with two attached hydrogens (primary N) is 1. The number of thiazole rings is 1. The van der Waals surface area contributed by atoms with Gasteiger partial charge in [-0.15, -0.1) is 11.3 Å². The van der Waals surface area contributed by atoms with E-state index in [2.05, 4.69) is 20.3 Å². The Hall–Kier alpha value is -2.18. The zero-order valence-corrected chi connectivity index (χ0v) is 17.4. The van der Waals surface area contributed by atoms with Crippen LogP contribution in [0, 0.1) is 5.92 Å². The van der Waals surface area contributed by atoms with Gasteiger partial charge in [0.2, 0.25) is 0 Å². The van der Waals surface area contributed by atoms with Gasteiger partial charge in [-0.3, -0.25) is 9.78 Å². The van der Waals surface area contributed by atoms with Crippen LogP contribution in [-0.2, 0) is 16.5 Å². The van der Waals surface area contributed by atoms with E-state index >= 15 is 0 Å². The summed E-state index contributed by atoms with van der Waals surface area (Å²) in [5.41, 5.74) is 4.23. The molecule has 0 spiro atoms. The number of hydrogen-bond donors (Lipinski definition) is 2. The Bertz CT molecular complexity index is 979. The van der Waals surface area contributed by atoms with E-state index in [4.69, 9.17) is 10.5 Å². The topological polar surface area (TPSA) is 102 Å². The van der Waals surface area contributed by atoms with E-state index in [-0.39, 0.29) is 23.5 Å². The van der Waals surface area contributed by atoms with Crippen LogP contribution in [0.15, 0.2) is 28.7 Å². The van der Waals surface area contributed by atoms with E-state index in [0.717, 1.165) is 24.3 Å². The first-order valence-electron chi connectivity index (χ1n) is 9.08.